The number of anilines is 2. The molecular formula is C18H16N4O2S3. The van der Waals surface area contributed by atoms with Crippen molar-refractivity contribution in [3.8, 4) is 16.5 Å². The summed E-state index contributed by atoms with van der Waals surface area (Å²) < 4.78 is 11.8. The molecule has 0 spiro atoms. The molecule has 0 atom stereocenters. The maximum absolute atomic E-state index is 5.78. The summed E-state index contributed by atoms with van der Waals surface area (Å²) in [4.78, 5) is 5.65. The van der Waals surface area contributed by atoms with Crippen LogP contribution in [0, 0.1) is 6.92 Å². The molecule has 3 heterocycles. The van der Waals surface area contributed by atoms with E-state index in [0.29, 0.717) is 11.6 Å². The molecule has 0 saturated carbocycles. The molecular weight excluding hydrogens is 400 g/mol. The van der Waals surface area contributed by atoms with Gasteiger partial charge in [-0.1, -0.05) is 29.2 Å². The SMILES string of the molecule is COc1ccc(Nc2nnc(SCc3nc(-c4cccs4)oc3C)s2)cc1. The highest BCUT2D eigenvalue weighted by atomic mass is 32.2. The van der Waals surface area contributed by atoms with Gasteiger partial charge in [-0.15, -0.1) is 21.5 Å². The normalized spacial score (nSPS) is 10.9. The number of ether oxygens (including phenoxy) is 1. The summed E-state index contributed by atoms with van der Waals surface area (Å²) in [7, 11) is 1.65. The van der Waals surface area contributed by atoms with Gasteiger partial charge >= 0.3 is 0 Å². The number of hydrogen-bond donors (Lipinski definition) is 1. The molecule has 6 nitrogen and oxygen atoms in total. The van der Waals surface area contributed by atoms with Gasteiger partial charge in [0.1, 0.15) is 11.5 Å². The van der Waals surface area contributed by atoms with Crippen LogP contribution in [0.2, 0.25) is 0 Å². The van der Waals surface area contributed by atoms with Gasteiger partial charge in [-0.25, -0.2) is 4.98 Å². The standard InChI is InChI=1S/C18H16N4O2S3/c1-11-14(20-16(24-11)15-4-3-9-25-15)10-26-18-22-21-17(27-18)19-12-5-7-13(23-2)8-6-12/h3-9H,10H2,1-2H3,(H,19,21). The van der Waals surface area contributed by atoms with Crippen LogP contribution in [0.3, 0.4) is 0 Å². The quantitative estimate of drug-likeness (QED) is 0.393. The van der Waals surface area contributed by atoms with Crippen LogP contribution in [0.25, 0.3) is 10.8 Å². The van der Waals surface area contributed by atoms with E-state index in [1.165, 1.54) is 11.3 Å². The summed E-state index contributed by atoms with van der Waals surface area (Å²) in [6.45, 7) is 1.94. The zero-order chi connectivity index (χ0) is 18.6. The van der Waals surface area contributed by atoms with E-state index in [4.69, 9.17) is 9.15 Å². The van der Waals surface area contributed by atoms with Gasteiger partial charge in [0.15, 0.2) is 4.34 Å². The molecule has 0 fully saturated rings. The van der Waals surface area contributed by atoms with Crippen LogP contribution in [0.4, 0.5) is 10.8 Å². The summed E-state index contributed by atoms with van der Waals surface area (Å²) in [5.74, 6) is 3.03. The lowest BCUT2D eigenvalue weighted by Crippen LogP contribution is -1.89. The highest BCUT2D eigenvalue weighted by molar-refractivity contribution is 8.00. The van der Waals surface area contributed by atoms with Crippen molar-refractivity contribution in [2.24, 2.45) is 0 Å². The van der Waals surface area contributed by atoms with Gasteiger partial charge in [-0.05, 0) is 42.6 Å². The molecule has 4 rings (SSSR count). The van der Waals surface area contributed by atoms with Gasteiger partial charge in [-0.3, -0.25) is 0 Å². The number of methoxy groups -OCH3 is 1. The van der Waals surface area contributed by atoms with Crippen LogP contribution in [-0.4, -0.2) is 22.3 Å². The van der Waals surface area contributed by atoms with Crippen LogP contribution in [0.15, 0.2) is 50.5 Å². The molecule has 0 aliphatic heterocycles. The molecule has 0 aliphatic carbocycles. The van der Waals surface area contributed by atoms with Crippen LogP contribution < -0.4 is 10.1 Å². The maximum Gasteiger partial charge on any atom is 0.236 e. The van der Waals surface area contributed by atoms with E-state index in [2.05, 4.69) is 20.5 Å². The second-order valence-electron chi connectivity index (χ2n) is 5.51. The summed E-state index contributed by atoms with van der Waals surface area (Å²) in [6.07, 6.45) is 0. The lowest BCUT2D eigenvalue weighted by atomic mass is 10.3. The van der Waals surface area contributed by atoms with Crippen molar-refractivity contribution < 1.29 is 9.15 Å². The fraction of sp³-hybridized carbons (Fsp3) is 0.167. The summed E-state index contributed by atoms with van der Waals surface area (Å²) >= 11 is 4.73. The van der Waals surface area contributed by atoms with Crippen molar-refractivity contribution >= 4 is 45.3 Å². The molecule has 4 aromatic rings. The van der Waals surface area contributed by atoms with Gasteiger partial charge in [0.2, 0.25) is 11.0 Å². The fourth-order valence-electron chi connectivity index (χ4n) is 2.31. The summed E-state index contributed by atoms with van der Waals surface area (Å²) in [5.41, 5.74) is 1.87. The lowest BCUT2D eigenvalue weighted by Gasteiger charge is -2.03. The van der Waals surface area contributed by atoms with E-state index in [1.54, 1.807) is 30.2 Å². The van der Waals surface area contributed by atoms with Crippen LogP contribution in [-0.2, 0) is 5.75 Å². The molecule has 27 heavy (non-hydrogen) atoms. The first-order chi connectivity index (χ1) is 13.2. The number of rotatable bonds is 7. The largest absolute Gasteiger partial charge is 0.497 e. The smallest absolute Gasteiger partial charge is 0.236 e. The number of thiophene rings is 1. The molecule has 0 aliphatic rings. The lowest BCUT2D eigenvalue weighted by molar-refractivity contribution is 0.415. The van der Waals surface area contributed by atoms with E-state index in [1.807, 2.05) is 48.7 Å². The van der Waals surface area contributed by atoms with Crippen molar-refractivity contribution in [3.63, 3.8) is 0 Å². The third-order valence-corrected chi connectivity index (χ3v) is 6.55. The Hall–Kier alpha value is -2.36. The third-order valence-electron chi connectivity index (χ3n) is 3.70. The van der Waals surface area contributed by atoms with E-state index in [-0.39, 0.29) is 0 Å². The Morgan fingerprint density at radius 2 is 2.04 bits per heavy atom. The molecule has 0 bridgehead atoms. The molecule has 1 N–H and O–H groups in total. The van der Waals surface area contributed by atoms with E-state index in [0.717, 1.165) is 37.2 Å². The second kappa shape index (κ2) is 8.12. The number of oxazole rings is 1. The van der Waals surface area contributed by atoms with Crippen molar-refractivity contribution in [3.05, 3.63) is 53.2 Å². The van der Waals surface area contributed by atoms with E-state index < -0.39 is 0 Å². The minimum absolute atomic E-state index is 0.678. The van der Waals surface area contributed by atoms with Gasteiger partial charge in [-0.2, -0.15) is 0 Å². The topological polar surface area (TPSA) is 73.1 Å². The minimum Gasteiger partial charge on any atom is -0.497 e. The summed E-state index contributed by atoms with van der Waals surface area (Å²) in [6, 6.07) is 11.7. The van der Waals surface area contributed by atoms with E-state index in [9.17, 15) is 0 Å². The average Bonchev–Trinajstić information content (AvgIpc) is 3.42. The molecule has 9 heteroatoms. The monoisotopic (exact) mass is 416 g/mol. The Kier molecular flexibility index (Phi) is 5.42. The third kappa shape index (κ3) is 4.32. The maximum atomic E-state index is 5.78. The number of aryl methyl sites for hydroxylation is 1. The first kappa shape index (κ1) is 18.0. The van der Waals surface area contributed by atoms with Crippen molar-refractivity contribution in [2.45, 2.75) is 17.0 Å². The Balaban J connectivity index is 1.38. The first-order valence-corrected chi connectivity index (χ1v) is 10.8. The van der Waals surface area contributed by atoms with E-state index >= 15 is 0 Å². The number of nitrogens with zero attached hydrogens (tertiary/aromatic N) is 3. The number of aromatic nitrogens is 3. The van der Waals surface area contributed by atoms with Crippen LogP contribution in [0.5, 0.6) is 5.75 Å². The Labute approximate surface area is 168 Å². The first-order valence-electron chi connectivity index (χ1n) is 8.09. The van der Waals surface area contributed by atoms with Crippen molar-refractivity contribution in [2.75, 3.05) is 12.4 Å². The zero-order valence-electron chi connectivity index (χ0n) is 14.6. The second-order valence-corrected chi connectivity index (χ2v) is 8.66. The van der Waals surface area contributed by atoms with Crippen LogP contribution >= 0.6 is 34.4 Å². The van der Waals surface area contributed by atoms with Gasteiger partial charge < -0.3 is 14.5 Å². The number of thioether (sulfide) groups is 1. The van der Waals surface area contributed by atoms with Gasteiger partial charge in [0.25, 0.3) is 0 Å². The molecule has 3 aromatic heterocycles. The minimum atomic E-state index is 0.678. The van der Waals surface area contributed by atoms with Crippen molar-refractivity contribution in [1.82, 2.24) is 15.2 Å². The Morgan fingerprint density at radius 1 is 1.19 bits per heavy atom. The average molecular weight is 417 g/mol. The van der Waals surface area contributed by atoms with Gasteiger partial charge in [0, 0.05) is 11.4 Å². The van der Waals surface area contributed by atoms with Crippen molar-refractivity contribution in [1.29, 1.82) is 0 Å². The molecule has 0 saturated heterocycles. The molecule has 1 aromatic carbocycles. The number of hydrogen-bond acceptors (Lipinski definition) is 9. The molecule has 0 unspecified atom stereocenters. The summed E-state index contributed by atoms with van der Waals surface area (Å²) in [5, 5.41) is 14.4. The molecule has 0 radical (unpaired) electrons. The predicted molar refractivity (Wildman–Crippen MR) is 110 cm³/mol. The fourth-order valence-corrected chi connectivity index (χ4v) is 4.74. The van der Waals surface area contributed by atoms with Crippen LogP contribution in [0.1, 0.15) is 11.5 Å². The molecule has 138 valence electrons. The highest BCUT2D eigenvalue weighted by Gasteiger charge is 2.14. The van der Waals surface area contributed by atoms with Gasteiger partial charge in [0.05, 0.1) is 17.7 Å². The number of nitrogens with one attached hydrogen (secondary N) is 1. The number of benzene rings is 1. The Morgan fingerprint density at radius 3 is 2.78 bits per heavy atom. The zero-order valence-corrected chi connectivity index (χ0v) is 17.1. The molecule has 0 amide bonds. The Bertz CT molecular complexity index is 1010. The predicted octanol–water partition coefficient (Wildman–Crippen LogP) is 5.61. The highest BCUT2D eigenvalue weighted by Crippen LogP contribution is 2.32.